The molecule has 2 aliphatic rings. The molecule has 0 aliphatic heterocycles. The molecule has 1 heterocycles. The molecule has 2 aliphatic carbocycles. The van der Waals surface area contributed by atoms with Gasteiger partial charge in [0.05, 0.1) is 12.0 Å². The molecule has 2 saturated carbocycles. The summed E-state index contributed by atoms with van der Waals surface area (Å²) in [7, 11) is 0. The molecule has 1 amide bonds. The number of hydrogen-bond donors (Lipinski definition) is 4. The molecule has 0 spiro atoms. The normalized spacial score (nSPS) is 25.0. The molecule has 166 valence electrons. The van der Waals surface area contributed by atoms with E-state index in [0.717, 1.165) is 17.1 Å². The molecule has 5 rings (SSSR count). The van der Waals surface area contributed by atoms with Crippen molar-refractivity contribution < 1.29 is 9.90 Å². The summed E-state index contributed by atoms with van der Waals surface area (Å²) in [6.07, 6.45) is 3.99. The highest BCUT2D eigenvalue weighted by molar-refractivity contribution is 5.80. The van der Waals surface area contributed by atoms with Crippen LogP contribution < -0.4 is 10.6 Å². The molecule has 2 fully saturated rings. The van der Waals surface area contributed by atoms with E-state index in [4.69, 9.17) is 0 Å². The number of aromatic nitrogens is 2. The van der Waals surface area contributed by atoms with Crippen LogP contribution in [0.25, 0.3) is 0 Å². The Labute approximate surface area is 188 Å². The number of nitrogens with zero attached hydrogens (tertiary/aromatic N) is 1. The molecule has 0 saturated heterocycles. The smallest absolute Gasteiger partial charge is 0.226 e. The minimum Gasteiger partial charge on any atom is -0.392 e. The summed E-state index contributed by atoms with van der Waals surface area (Å²) >= 11 is 0. The fourth-order valence-electron chi connectivity index (χ4n) is 4.77. The zero-order valence-electron chi connectivity index (χ0n) is 18.1. The van der Waals surface area contributed by atoms with Crippen molar-refractivity contribution in [3.8, 4) is 0 Å². The topological polar surface area (TPSA) is 90.0 Å². The summed E-state index contributed by atoms with van der Waals surface area (Å²) in [6.45, 7) is 1.16. The maximum absolute atomic E-state index is 13.0. The van der Waals surface area contributed by atoms with Crippen molar-refractivity contribution in [2.75, 3.05) is 0 Å². The van der Waals surface area contributed by atoms with Crippen molar-refractivity contribution in [2.24, 2.45) is 5.92 Å². The van der Waals surface area contributed by atoms with Crippen LogP contribution in [0.1, 0.15) is 53.7 Å². The Balaban J connectivity index is 1.31. The van der Waals surface area contributed by atoms with Crippen LogP contribution in [0, 0.1) is 5.92 Å². The van der Waals surface area contributed by atoms with Crippen LogP contribution >= 0.6 is 0 Å². The Morgan fingerprint density at radius 3 is 2.31 bits per heavy atom. The number of imidazole rings is 1. The molecule has 6 nitrogen and oxygen atoms in total. The van der Waals surface area contributed by atoms with Crippen molar-refractivity contribution in [3.05, 3.63) is 89.5 Å². The lowest BCUT2D eigenvalue weighted by atomic mass is 9.96. The van der Waals surface area contributed by atoms with E-state index in [1.165, 1.54) is 18.4 Å². The van der Waals surface area contributed by atoms with Gasteiger partial charge in [-0.2, -0.15) is 0 Å². The molecule has 2 aromatic carbocycles. The number of benzene rings is 2. The maximum atomic E-state index is 13.0. The van der Waals surface area contributed by atoms with Crippen LogP contribution in [0.3, 0.4) is 0 Å². The maximum Gasteiger partial charge on any atom is 0.226 e. The molecular weight excluding hydrogens is 400 g/mol. The van der Waals surface area contributed by atoms with E-state index in [-0.39, 0.29) is 17.9 Å². The first-order valence-electron chi connectivity index (χ1n) is 11.5. The number of carbonyl (C=O) groups excluding carboxylic acids is 1. The highest BCUT2D eigenvalue weighted by atomic mass is 16.3. The first-order valence-corrected chi connectivity index (χ1v) is 11.5. The minimum atomic E-state index is -0.772. The van der Waals surface area contributed by atoms with Gasteiger partial charge < -0.3 is 20.7 Å². The fourth-order valence-corrected chi connectivity index (χ4v) is 4.77. The molecule has 32 heavy (non-hydrogen) atoms. The summed E-state index contributed by atoms with van der Waals surface area (Å²) in [5.74, 6) is 0.752. The van der Waals surface area contributed by atoms with Crippen LogP contribution in [0.2, 0.25) is 0 Å². The monoisotopic (exact) mass is 430 g/mol. The zero-order valence-corrected chi connectivity index (χ0v) is 18.1. The van der Waals surface area contributed by atoms with E-state index >= 15 is 0 Å². The third kappa shape index (κ3) is 4.61. The second-order valence-electron chi connectivity index (χ2n) is 9.03. The van der Waals surface area contributed by atoms with Crippen LogP contribution in [-0.2, 0) is 17.9 Å². The lowest BCUT2D eigenvalue weighted by Crippen LogP contribution is -2.36. The highest BCUT2D eigenvalue weighted by Gasteiger charge is 2.47. The van der Waals surface area contributed by atoms with Crippen molar-refractivity contribution in [1.82, 2.24) is 20.6 Å². The van der Waals surface area contributed by atoms with Crippen molar-refractivity contribution in [3.63, 3.8) is 0 Å². The Kier molecular flexibility index (Phi) is 6.06. The second-order valence-corrected chi connectivity index (χ2v) is 9.03. The number of rotatable bonds is 8. The number of nitrogens with one attached hydrogen (secondary N) is 3. The summed E-state index contributed by atoms with van der Waals surface area (Å²) in [4.78, 5) is 21.0. The van der Waals surface area contributed by atoms with E-state index in [2.05, 4.69) is 32.7 Å². The third-order valence-electron chi connectivity index (χ3n) is 6.72. The Morgan fingerprint density at radius 2 is 1.66 bits per heavy atom. The standard InChI is InChI=1S/C26H30N4O2/c31-24-20(26(32)29-15-18-9-5-2-6-10-18)13-21(27-14-17-7-3-1-4-8-17)23(24)22-16-28-25(30-22)19-11-12-19/h1-10,16,19-21,23-24,27,31H,11-15H2,(H,28,30)(H,29,32)/t20-,21+,23+,24+/m0/s1. The summed E-state index contributed by atoms with van der Waals surface area (Å²) < 4.78 is 0. The first-order chi connectivity index (χ1) is 15.7. The van der Waals surface area contributed by atoms with Crippen molar-refractivity contribution >= 4 is 5.91 Å². The van der Waals surface area contributed by atoms with Gasteiger partial charge in [-0.05, 0) is 30.4 Å². The fraction of sp³-hybridized carbons (Fsp3) is 0.385. The molecule has 3 aromatic rings. The highest BCUT2D eigenvalue weighted by Crippen LogP contribution is 2.42. The minimum absolute atomic E-state index is 0.0230. The van der Waals surface area contributed by atoms with Crippen LogP contribution in [0.15, 0.2) is 66.9 Å². The summed E-state index contributed by atoms with van der Waals surface area (Å²) in [6, 6.07) is 20.0. The molecule has 4 atom stereocenters. The van der Waals surface area contributed by atoms with Gasteiger partial charge in [-0.25, -0.2) is 4.98 Å². The van der Waals surface area contributed by atoms with Gasteiger partial charge in [0.1, 0.15) is 5.82 Å². The number of aliphatic hydroxyl groups is 1. The lowest BCUT2D eigenvalue weighted by Gasteiger charge is -2.22. The van der Waals surface area contributed by atoms with Gasteiger partial charge in [0.15, 0.2) is 0 Å². The predicted molar refractivity (Wildman–Crippen MR) is 123 cm³/mol. The third-order valence-corrected chi connectivity index (χ3v) is 6.72. The largest absolute Gasteiger partial charge is 0.392 e. The Bertz CT molecular complexity index is 1030. The number of H-pyrrole nitrogens is 1. The number of hydrogen-bond acceptors (Lipinski definition) is 4. The van der Waals surface area contributed by atoms with Gasteiger partial charge in [-0.15, -0.1) is 0 Å². The van der Waals surface area contributed by atoms with E-state index in [0.29, 0.717) is 25.4 Å². The van der Waals surface area contributed by atoms with Gasteiger partial charge in [0, 0.05) is 42.9 Å². The van der Waals surface area contributed by atoms with Gasteiger partial charge in [-0.1, -0.05) is 60.7 Å². The molecule has 1 aromatic heterocycles. The van der Waals surface area contributed by atoms with E-state index in [1.54, 1.807) is 0 Å². The van der Waals surface area contributed by atoms with Gasteiger partial charge in [0.25, 0.3) is 0 Å². The van der Waals surface area contributed by atoms with Crippen LogP contribution in [0.5, 0.6) is 0 Å². The van der Waals surface area contributed by atoms with E-state index in [9.17, 15) is 9.90 Å². The average Bonchev–Trinajstić information content (AvgIpc) is 3.48. The predicted octanol–water partition coefficient (Wildman–Crippen LogP) is 3.23. The number of aliphatic hydroxyl groups excluding tert-OH is 1. The Morgan fingerprint density at radius 1 is 1.00 bits per heavy atom. The van der Waals surface area contributed by atoms with Crippen LogP contribution in [0.4, 0.5) is 0 Å². The summed E-state index contributed by atoms with van der Waals surface area (Å²) in [5, 5.41) is 17.9. The first kappa shape index (κ1) is 20.9. The van der Waals surface area contributed by atoms with Gasteiger partial charge in [-0.3, -0.25) is 4.79 Å². The zero-order chi connectivity index (χ0) is 21.9. The second kappa shape index (κ2) is 9.27. The van der Waals surface area contributed by atoms with Crippen LogP contribution in [-0.4, -0.2) is 33.1 Å². The summed E-state index contributed by atoms with van der Waals surface area (Å²) in [5.41, 5.74) is 3.15. The SMILES string of the molecule is O=C(NCc1ccccc1)[C@H]1C[C@@H](NCc2ccccc2)[C@H](c2cnc(C3CC3)[nH]2)[C@@H]1O. The number of aromatic amines is 1. The molecule has 6 heteroatoms. The number of carbonyl (C=O) groups is 1. The van der Waals surface area contributed by atoms with E-state index < -0.39 is 12.0 Å². The van der Waals surface area contributed by atoms with Gasteiger partial charge >= 0.3 is 0 Å². The van der Waals surface area contributed by atoms with E-state index in [1.807, 2.05) is 54.7 Å². The molecular formula is C26H30N4O2. The number of amides is 1. The molecule has 0 unspecified atom stereocenters. The van der Waals surface area contributed by atoms with Crippen molar-refractivity contribution in [1.29, 1.82) is 0 Å². The quantitative estimate of drug-likeness (QED) is 0.442. The Hall–Kier alpha value is -2.96. The molecule has 4 N–H and O–H groups in total. The molecule has 0 radical (unpaired) electrons. The average molecular weight is 431 g/mol. The molecule has 0 bridgehead atoms. The van der Waals surface area contributed by atoms with Gasteiger partial charge in [0.2, 0.25) is 5.91 Å². The lowest BCUT2D eigenvalue weighted by molar-refractivity contribution is -0.127. The van der Waals surface area contributed by atoms with Crippen molar-refractivity contribution in [2.45, 2.75) is 56.3 Å².